The average Bonchev–Trinajstić information content (AvgIpc) is 3.58. The fourth-order valence-corrected chi connectivity index (χ4v) is 4.18. The number of aliphatic hydroxyl groups is 1. The minimum atomic E-state index is -0.390. The smallest absolute Gasteiger partial charge is 0.222 e. The molecule has 3 aromatic rings. The van der Waals surface area contributed by atoms with Crippen LogP contribution >= 0.6 is 11.6 Å². The van der Waals surface area contributed by atoms with Crippen molar-refractivity contribution in [2.75, 3.05) is 13.1 Å². The highest BCUT2D eigenvalue weighted by Crippen LogP contribution is 2.36. The molecule has 2 aromatic carbocycles. The topological polar surface area (TPSA) is 50.5 Å². The van der Waals surface area contributed by atoms with Crippen LogP contribution in [-0.4, -0.2) is 39.0 Å². The molecule has 33 heavy (non-hydrogen) atoms. The van der Waals surface area contributed by atoms with Gasteiger partial charge in [-0.2, -0.15) is 5.10 Å². The van der Waals surface area contributed by atoms with E-state index >= 15 is 0 Å². The van der Waals surface area contributed by atoms with Crippen LogP contribution in [-0.2, 0) is 13.6 Å². The summed E-state index contributed by atoms with van der Waals surface area (Å²) >= 11 is 6.06. The van der Waals surface area contributed by atoms with E-state index < -0.39 is 0 Å². The van der Waals surface area contributed by atoms with E-state index in [1.807, 2.05) is 55.6 Å². The first-order valence-corrected chi connectivity index (χ1v) is 12.0. The molecule has 5 nitrogen and oxygen atoms in total. The Kier molecular flexibility index (Phi) is 7.86. The second kappa shape index (κ2) is 11.0. The third kappa shape index (κ3) is 6.47. The molecule has 0 radical (unpaired) electrons. The average molecular weight is 466 g/mol. The minimum absolute atomic E-state index is 0.390. The first-order chi connectivity index (χ1) is 16.0. The van der Waals surface area contributed by atoms with Gasteiger partial charge in [-0.15, -0.1) is 6.58 Å². The largest absolute Gasteiger partial charge is 0.439 e. The molecule has 4 rings (SSSR count). The van der Waals surface area contributed by atoms with Gasteiger partial charge in [0.2, 0.25) is 5.88 Å². The van der Waals surface area contributed by atoms with Gasteiger partial charge in [0.15, 0.2) is 0 Å². The van der Waals surface area contributed by atoms with Gasteiger partial charge in [0.25, 0.3) is 0 Å². The number of benzene rings is 2. The quantitative estimate of drug-likeness (QED) is 0.330. The highest BCUT2D eigenvalue weighted by Gasteiger charge is 2.28. The molecular formula is C27H32ClN3O2. The number of rotatable bonds is 12. The zero-order valence-corrected chi connectivity index (χ0v) is 19.9. The van der Waals surface area contributed by atoms with Crippen molar-refractivity contribution < 1.29 is 9.84 Å². The van der Waals surface area contributed by atoms with Gasteiger partial charge in [-0.05, 0) is 55.9 Å². The Labute approximate surface area is 201 Å². The Bertz CT molecular complexity index is 1050. The molecular weight excluding hydrogens is 434 g/mol. The van der Waals surface area contributed by atoms with Crippen LogP contribution in [0.25, 0.3) is 11.3 Å². The van der Waals surface area contributed by atoms with E-state index in [0.717, 1.165) is 36.2 Å². The maximum atomic E-state index is 10.6. The lowest BCUT2D eigenvalue weighted by molar-refractivity contribution is 0.0992. The molecule has 1 heterocycles. The maximum Gasteiger partial charge on any atom is 0.222 e. The molecule has 0 unspecified atom stereocenters. The molecule has 0 saturated heterocycles. The van der Waals surface area contributed by atoms with Gasteiger partial charge in [0.05, 0.1) is 11.7 Å². The van der Waals surface area contributed by atoms with Crippen molar-refractivity contribution in [3.63, 3.8) is 0 Å². The number of nitrogens with zero attached hydrogens (tertiary/aromatic N) is 3. The molecule has 1 atom stereocenters. The number of halogens is 1. The summed E-state index contributed by atoms with van der Waals surface area (Å²) in [6.45, 7) is 6.02. The molecule has 0 aliphatic heterocycles. The standard InChI is InChI=1S/C27H32ClN3O2/c1-3-4-10-23(32)18-31(17-20-11-12-20)19-25-26(21-8-6-5-7-9-21)29-30(2)27(25)33-24-15-13-22(28)14-16-24/h3,5-9,13-16,20,23,32H,1,4,10-12,17-19H2,2H3/t23-/m1/s1. The Balaban J connectivity index is 1.66. The lowest BCUT2D eigenvalue weighted by Gasteiger charge is -2.25. The fraction of sp³-hybridized carbons (Fsp3) is 0.370. The summed E-state index contributed by atoms with van der Waals surface area (Å²) < 4.78 is 8.13. The highest BCUT2D eigenvalue weighted by atomic mass is 35.5. The van der Waals surface area contributed by atoms with Crippen molar-refractivity contribution >= 4 is 11.6 Å². The van der Waals surface area contributed by atoms with Crippen molar-refractivity contribution in [2.45, 2.75) is 38.3 Å². The van der Waals surface area contributed by atoms with Gasteiger partial charge in [-0.25, -0.2) is 4.68 Å². The van der Waals surface area contributed by atoms with Crippen molar-refractivity contribution in [3.8, 4) is 22.9 Å². The number of hydrogen-bond donors (Lipinski definition) is 1. The van der Waals surface area contributed by atoms with Crippen LogP contribution in [0.4, 0.5) is 0 Å². The minimum Gasteiger partial charge on any atom is -0.439 e. The summed E-state index contributed by atoms with van der Waals surface area (Å²) in [7, 11) is 1.91. The van der Waals surface area contributed by atoms with Gasteiger partial charge in [0.1, 0.15) is 11.4 Å². The summed E-state index contributed by atoms with van der Waals surface area (Å²) in [5.74, 6) is 2.12. The Morgan fingerprint density at radius 3 is 2.61 bits per heavy atom. The van der Waals surface area contributed by atoms with Crippen molar-refractivity contribution in [3.05, 3.63) is 77.8 Å². The zero-order chi connectivity index (χ0) is 23.2. The normalized spacial score (nSPS) is 14.4. The van der Waals surface area contributed by atoms with E-state index in [2.05, 4.69) is 23.6 Å². The second-order valence-corrected chi connectivity index (χ2v) is 9.27. The molecule has 0 bridgehead atoms. The first kappa shape index (κ1) is 23.6. The molecule has 1 fully saturated rings. The lowest BCUT2D eigenvalue weighted by Crippen LogP contribution is -2.33. The molecule has 1 saturated carbocycles. The summed E-state index contributed by atoms with van der Waals surface area (Å²) in [6, 6.07) is 17.6. The number of allylic oxidation sites excluding steroid dienone is 1. The van der Waals surface area contributed by atoms with E-state index in [9.17, 15) is 5.11 Å². The second-order valence-electron chi connectivity index (χ2n) is 8.84. The van der Waals surface area contributed by atoms with E-state index in [4.69, 9.17) is 21.4 Å². The number of aromatic nitrogens is 2. The van der Waals surface area contributed by atoms with E-state index in [-0.39, 0.29) is 6.10 Å². The number of hydrogen-bond acceptors (Lipinski definition) is 4. The molecule has 1 N–H and O–H groups in total. The van der Waals surface area contributed by atoms with E-state index in [1.54, 1.807) is 4.68 Å². The summed E-state index contributed by atoms with van der Waals surface area (Å²) in [5.41, 5.74) is 2.98. The molecule has 0 spiro atoms. The van der Waals surface area contributed by atoms with Crippen LogP contribution in [0.1, 0.15) is 31.2 Å². The van der Waals surface area contributed by atoms with Crippen LogP contribution in [0.5, 0.6) is 11.6 Å². The van der Waals surface area contributed by atoms with E-state index in [1.165, 1.54) is 12.8 Å². The van der Waals surface area contributed by atoms with Crippen LogP contribution in [0, 0.1) is 5.92 Å². The Morgan fingerprint density at radius 2 is 1.94 bits per heavy atom. The van der Waals surface area contributed by atoms with Crippen LogP contribution in [0.2, 0.25) is 5.02 Å². The summed E-state index contributed by atoms with van der Waals surface area (Å²) in [6.07, 6.45) is 5.52. The predicted molar refractivity (Wildman–Crippen MR) is 134 cm³/mol. The molecule has 0 amide bonds. The maximum absolute atomic E-state index is 10.6. The molecule has 174 valence electrons. The molecule has 1 aromatic heterocycles. The molecule has 6 heteroatoms. The van der Waals surface area contributed by atoms with Gasteiger partial charge in [0, 0.05) is 37.3 Å². The molecule has 1 aliphatic rings. The molecule has 1 aliphatic carbocycles. The van der Waals surface area contributed by atoms with Gasteiger partial charge < -0.3 is 9.84 Å². The van der Waals surface area contributed by atoms with Crippen LogP contribution in [0.15, 0.2) is 67.3 Å². The third-order valence-corrected chi connectivity index (χ3v) is 6.18. The predicted octanol–water partition coefficient (Wildman–Crippen LogP) is 6.07. The van der Waals surface area contributed by atoms with Gasteiger partial charge in [-0.3, -0.25) is 4.90 Å². The van der Waals surface area contributed by atoms with Crippen LogP contribution < -0.4 is 4.74 Å². The number of aryl methyl sites for hydroxylation is 1. The van der Waals surface area contributed by atoms with Gasteiger partial charge >= 0.3 is 0 Å². The fourth-order valence-electron chi connectivity index (χ4n) is 4.06. The number of ether oxygens (including phenoxy) is 1. The van der Waals surface area contributed by atoms with Gasteiger partial charge in [-0.1, -0.05) is 48.0 Å². The summed E-state index contributed by atoms with van der Waals surface area (Å²) in [4.78, 5) is 2.35. The highest BCUT2D eigenvalue weighted by molar-refractivity contribution is 6.30. The Morgan fingerprint density at radius 1 is 1.21 bits per heavy atom. The number of aliphatic hydroxyl groups excluding tert-OH is 1. The zero-order valence-electron chi connectivity index (χ0n) is 19.2. The Hall–Kier alpha value is -2.60. The first-order valence-electron chi connectivity index (χ1n) is 11.6. The van der Waals surface area contributed by atoms with Crippen molar-refractivity contribution in [1.29, 1.82) is 0 Å². The monoisotopic (exact) mass is 465 g/mol. The summed E-state index contributed by atoms with van der Waals surface area (Å²) in [5, 5.41) is 16.1. The SMILES string of the molecule is C=CCC[C@@H](O)CN(Cc1c(-c2ccccc2)nn(C)c1Oc1ccc(Cl)cc1)CC1CC1. The van der Waals surface area contributed by atoms with Crippen molar-refractivity contribution in [2.24, 2.45) is 13.0 Å². The van der Waals surface area contributed by atoms with Crippen molar-refractivity contribution in [1.82, 2.24) is 14.7 Å². The van der Waals surface area contributed by atoms with Crippen LogP contribution in [0.3, 0.4) is 0 Å². The third-order valence-electron chi connectivity index (χ3n) is 5.93. The van der Waals surface area contributed by atoms with E-state index in [0.29, 0.717) is 35.7 Å². The lowest BCUT2D eigenvalue weighted by atomic mass is 10.1.